The van der Waals surface area contributed by atoms with Crippen molar-refractivity contribution in [3.8, 4) is 5.75 Å². The summed E-state index contributed by atoms with van der Waals surface area (Å²) >= 11 is 1.36. The SMILES string of the molecule is CCC(=O)N1CCc2ccc(OCc3nc(C(=O)NCc4ccc(F)cc4)cs3)cc2C1c1cccc(C)c1. The molecule has 1 aliphatic heterocycles. The first-order valence-electron chi connectivity index (χ1n) is 13.0. The van der Waals surface area contributed by atoms with Crippen molar-refractivity contribution >= 4 is 23.2 Å². The molecule has 0 bridgehead atoms. The van der Waals surface area contributed by atoms with Crippen LogP contribution in [0.4, 0.5) is 4.39 Å². The molecule has 39 heavy (non-hydrogen) atoms. The number of nitrogens with zero attached hydrogens (tertiary/aromatic N) is 2. The van der Waals surface area contributed by atoms with Crippen molar-refractivity contribution in [3.63, 3.8) is 0 Å². The average Bonchev–Trinajstić information content (AvgIpc) is 3.43. The van der Waals surface area contributed by atoms with E-state index in [9.17, 15) is 14.0 Å². The Labute approximate surface area is 231 Å². The number of hydrogen-bond acceptors (Lipinski definition) is 5. The summed E-state index contributed by atoms with van der Waals surface area (Å²) < 4.78 is 19.2. The maximum Gasteiger partial charge on any atom is 0.271 e. The molecule has 1 unspecified atom stereocenters. The number of ether oxygens (including phenoxy) is 1. The molecule has 5 rings (SSSR count). The fourth-order valence-electron chi connectivity index (χ4n) is 4.86. The lowest BCUT2D eigenvalue weighted by Gasteiger charge is -2.38. The van der Waals surface area contributed by atoms with Gasteiger partial charge in [-0.1, -0.05) is 55.0 Å². The summed E-state index contributed by atoms with van der Waals surface area (Å²) in [6.45, 7) is 5.16. The van der Waals surface area contributed by atoms with Crippen LogP contribution in [-0.2, 0) is 24.4 Å². The van der Waals surface area contributed by atoms with Gasteiger partial charge in [-0.2, -0.15) is 0 Å². The summed E-state index contributed by atoms with van der Waals surface area (Å²) in [5.41, 5.74) is 5.65. The van der Waals surface area contributed by atoms with E-state index in [2.05, 4.69) is 41.5 Å². The van der Waals surface area contributed by atoms with E-state index in [0.717, 1.165) is 28.7 Å². The minimum absolute atomic E-state index is 0.131. The Morgan fingerprint density at radius 1 is 1.13 bits per heavy atom. The van der Waals surface area contributed by atoms with E-state index >= 15 is 0 Å². The van der Waals surface area contributed by atoms with Crippen LogP contribution >= 0.6 is 11.3 Å². The van der Waals surface area contributed by atoms with Crippen LogP contribution in [0.15, 0.2) is 72.1 Å². The molecule has 6 nitrogen and oxygen atoms in total. The van der Waals surface area contributed by atoms with E-state index < -0.39 is 0 Å². The molecule has 1 N–H and O–H groups in total. The maximum absolute atomic E-state index is 13.1. The van der Waals surface area contributed by atoms with E-state index in [1.807, 2.05) is 30.0 Å². The van der Waals surface area contributed by atoms with Gasteiger partial charge in [-0.25, -0.2) is 9.37 Å². The fraction of sp³-hybridized carbons (Fsp3) is 0.258. The van der Waals surface area contributed by atoms with Crippen molar-refractivity contribution in [1.29, 1.82) is 0 Å². The van der Waals surface area contributed by atoms with Crippen molar-refractivity contribution in [2.24, 2.45) is 0 Å². The van der Waals surface area contributed by atoms with Crippen LogP contribution in [0.1, 0.15) is 62.7 Å². The van der Waals surface area contributed by atoms with Crippen LogP contribution in [0.2, 0.25) is 0 Å². The highest BCUT2D eigenvalue weighted by Gasteiger charge is 2.31. The Kier molecular flexibility index (Phi) is 8.02. The van der Waals surface area contributed by atoms with Gasteiger partial charge in [0.15, 0.2) is 0 Å². The van der Waals surface area contributed by atoms with Gasteiger partial charge in [0.05, 0.1) is 6.04 Å². The third kappa shape index (κ3) is 6.17. The lowest BCUT2D eigenvalue weighted by Crippen LogP contribution is -2.40. The number of nitrogens with one attached hydrogen (secondary N) is 1. The minimum atomic E-state index is -0.314. The normalized spacial score (nSPS) is 14.5. The molecule has 4 aromatic rings. The van der Waals surface area contributed by atoms with Gasteiger partial charge in [-0.15, -0.1) is 11.3 Å². The van der Waals surface area contributed by atoms with Crippen LogP contribution in [0, 0.1) is 12.7 Å². The van der Waals surface area contributed by atoms with E-state index in [0.29, 0.717) is 29.4 Å². The summed E-state index contributed by atoms with van der Waals surface area (Å²) in [7, 11) is 0. The molecule has 0 spiro atoms. The number of halogens is 1. The molecule has 200 valence electrons. The maximum atomic E-state index is 13.1. The van der Waals surface area contributed by atoms with Crippen molar-refractivity contribution in [2.45, 2.75) is 45.9 Å². The predicted octanol–water partition coefficient (Wildman–Crippen LogP) is 5.98. The van der Waals surface area contributed by atoms with Gasteiger partial charge in [0.2, 0.25) is 5.91 Å². The Morgan fingerprint density at radius 3 is 2.72 bits per heavy atom. The van der Waals surface area contributed by atoms with Gasteiger partial charge in [-0.05, 0) is 59.9 Å². The quantitative estimate of drug-likeness (QED) is 0.297. The second-order valence-electron chi connectivity index (χ2n) is 9.59. The molecule has 2 amide bonds. The summed E-state index contributed by atoms with van der Waals surface area (Å²) in [6, 6.07) is 20.2. The molecule has 3 aromatic carbocycles. The molecule has 0 radical (unpaired) electrons. The van der Waals surface area contributed by atoms with Gasteiger partial charge in [0.25, 0.3) is 5.91 Å². The fourth-order valence-corrected chi connectivity index (χ4v) is 5.54. The Balaban J connectivity index is 1.29. The number of hydrogen-bond donors (Lipinski definition) is 1. The molecule has 1 aliphatic rings. The molecule has 1 atom stereocenters. The Bertz CT molecular complexity index is 1480. The highest BCUT2D eigenvalue weighted by atomic mass is 32.1. The summed E-state index contributed by atoms with van der Waals surface area (Å²) in [4.78, 5) is 31.8. The van der Waals surface area contributed by atoms with E-state index in [1.54, 1.807) is 17.5 Å². The second kappa shape index (κ2) is 11.8. The lowest BCUT2D eigenvalue weighted by atomic mass is 9.87. The zero-order valence-corrected chi connectivity index (χ0v) is 22.8. The molecule has 1 aromatic heterocycles. The van der Waals surface area contributed by atoms with Gasteiger partial charge in [0.1, 0.15) is 28.9 Å². The van der Waals surface area contributed by atoms with Crippen molar-refractivity contribution in [3.05, 3.63) is 116 Å². The first-order chi connectivity index (χ1) is 18.9. The highest BCUT2D eigenvalue weighted by molar-refractivity contribution is 7.09. The summed E-state index contributed by atoms with van der Waals surface area (Å²) in [5, 5.41) is 5.19. The number of benzene rings is 3. The highest BCUT2D eigenvalue weighted by Crippen LogP contribution is 2.38. The smallest absolute Gasteiger partial charge is 0.271 e. The van der Waals surface area contributed by atoms with Gasteiger partial charge in [-0.3, -0.25) is 9.59 Å². The number of fused-ring (bicyclic) bond motifs is 1. The van der Waals surface area contributed by atoms with E-state index in [-0.39, 0.29) is 36.8 Å². The molecular formula is C31H30FN3O3S. The van der Waals surface area contributed by atoms with Gasteiger partial charge >= 0.3 is 0 Å². The van der Waals surface area contributed by atoms with E-state index in [4.69, 9.17) is 4.74 Å². The molecule has 0 aliphatic carbocycles. The molecular weight excluding hydrogens is 513 g/mol. The number of thiazole rings is 1. The van der Waals surface area contributed by atoms with Crippen LogP contribution in [0.25, 0.3) is 0 Å². The van der Waals surface area contributed by atoms with Crippen LogP contribution in [0.3, 0.4) is 0 Å². The van der Waals surface area contributed by atoms with Crippen LogP contribution in [-0.4, -0.2) is 28.2 Å². The van der Waals surface area contributed by atoms with Gasteiger partial charge in [0, 0.05) is 24.9 Å². The number of aromatic nitrogens is 1. The zero-order chi connectivity index (χ0) is 27.4. The largest absolute Gasteiger partial charge is 0.486 e. The van der Waals surface area contributed by atoms with Crippen molar-refractivity contribution in [1.82, 2.24) is 15.2 Å². The molecule has 8 heteroatoms. The topological polar surface area (TPSA) is 71.5 Å². The molecule has 0 saturated heterocycles. The first-order valence-corrected chi connectivity index (χ1v) is 13.9. The lowest BCUT2D eigenvalue weighted by molar-refractivity contribution is -0.132. The average molecular weight is 544 g/mol. The Hall–Kier alpha value is -4.04. The second-order valence-corrected chi connectivity index (χ2v) is 10.5. The third-order valence-corrected chi connectivity index (χ3v) is 7.66. The van der Waals surface area contributed by atoms with E-state index in [1.165, 1.54) is 29.0 Å². The molecule has 0 fully saturated rings. The third-order valence-electron chi connectivity index (χ3n) is 6.84. The Morgan fingerprint density at radius 2 is 1.95 bits per heavy atom. The predicted molar refractivity (Wildman–Crippen MR) is 149 cm³/mol. The monoisotopic (exact) mass is 543 g/mol. The number of amides is 2. The van der Waals surface area contributed by atoms with Gasteiger partial charge < -0.3 is 15.0 Å². The summed E-state index contributed by atoms with van der Waals surface area (Å²) in [6.07, 6.45) is 1.25. The summed E-state index contributed by atoms with van der Waals surface area (Å²) in [5.74, 6) is 0.212. The number of carbonyl (C=O) groups excluding carboxylic acids is 2. The molecule has 0 saturated carbocycles. The zero-order valence-electron chi connectivity index (χ0n) is 21.9. The molecule has 2 heterocycles. The van der Waals surface area contributed by atoms with Crippen LogP contribution < -0.4 is 10.1 Å². The minimum Gasteiger partial charge on any atom is -0.486 e. The standard InChI is InChI=1S/C31H30FN3O3S/c1-3-29(36)35-14-13-22-9-12-25(16-26(22)30(35)23-6-4-5-20(2)15-23)38-18-28-34-27(19-39-28)31(37)33-17-21-7-10-24(32)11-8-21/h4-12,15-16,19,30H,3,13-14,17-18H2,1-2H3,(H,33,37). The first kappa shape index (κ1) is 26.6. The van der Waals surface area contributed by atoms with Crippen molar-refractivity contribution in [2.75, 3.05) is 6.54 Å². The number of aryl methyl sites for hydroxylation is 1. The number of rotatable bonds is 8. The van der Waals surface area contributed by atoms with Crippen molar-refractivity contribution < 1.29 is 18.7 Å². The van der Waals surface area contributed by atoms with Crippen LogP contribution in [0.5, 0.6) is 5.75 Å². The number of carbonyl (C=O) groups is 2.